The van der Waals surface area contributed by atoms with Crippen LogP contribution in [0.4, 0.5) is 13.2 Å². The first-order chi connectivity index (χ1) is 9.85. The normalized spacial score (nSPS) is 17.9. The van der Waals surface area contributed by atoms with E-state index in [1.165, 1.54) is 12.1 Å². The summed E-state index contributed by atoms with van der Waals surface area (Å²) in [5.74, 6) is -0.902. The molecule has 1 aliphatic rings. The van der Waals surface area contributed by atoms with Crippen LogP contribution in [-0.2, 0) is 4.79 Å². The van der Waals surface area contributed by atoms with Crippen LogP contribution in [0.15, 0.2) is 29.2 Å². The van der Waals surface area contributed by atoms with Gasteiger partial charge in [-0.05, 0) is 55.4 Å². The van der Waals surface area contributed by atoms with Crippen LogP contribution < -0.4 is 0 Å². The molecule has 1 N–H and O–H groups in total. The summed E-state index contributed by atoms with van der Waals surface area (Å²) in [6.45, 7) is 1.66. The molecular weight excluding hydrogens is 303 g/mol. The number of aliphatic carboxylic acids is 1. The summed E-state index contributed by atoms with van der Waals surface area (Å²) >= 11 is -0.163. The maximum Gasteiger partial charge on any atom is 0.446 e. The van der Waals surface area contributed by atoms with Crippen molar-refractivity contribution in [3.8, 4) is 0 Å². The molecule has 7 heteroatoms. The third-order valence-electron chi connectivity index (χ3n) is 3.45. The molecule has 1 saturated heterocycles. The van der Waals surface area contributed by atoms with Crippen LogP contribution in [0.5, 0.6) is 0 Å². The van der Waals surface area contributed by atoms with E-state index in [4.69, 9.17) is 5.11 Å². The fraction of sp³-hybridized carbons (Fsp3) is 0.500. The Morgan fingerprint density at radius 3 is 2.29 bits per heavy atom. The van der Waals surface area contributed by atoms with Crippen molar-refractivity contribution < 1.29 is 23.1 Å². The van der Waals surface area contributed by atoms with Crippen LogP contribution in [-0.4, -0.2) is 34.6 Å². The Kier molecular flexibility index (Phi) is 5.16. The van der Waals surface area contributed by atoms with Crippen LogP contribution >= 0.6 is 11.8 Å². The first-order valence-electron chi connectivity index (χ1n) is 6.67. The van der Waals surface area contributed by atoms with E-state index in [0.29, 0.717) is 0 Å². The lowest BCUT2D eigenvalue weighted by atomic mass is 10.0. The Balaban J connectivity index is 2.14. The third-order valence-corrected chi connectivity index (χ3v) is 4.19. The third kappa shape index (κ3) is 4.93. The van der Waals surface area contributed by atoms with Gasteiger partial charge in [0.25, 0.3) is 0 Å². The lowest BCUT2D eigenvalue weighted by molar-refractivity contribution is -0.138. The molecule has 0 radical (unpaired) electrons. The summed E-state index contributed by atoms with van der Waals surface area (Å²) in [4.78, 5) is 13.2. The van der Waals surface area contributed by atoms with Crippen molar-refractivity contribution >= 4 is 17.7 Å². The van der Waals surface area contributed by atoms with Crippen molar-refractivity contribution in [2.24, 2.45) is 0 Å². The maximum absolute atomic E-state index is 12.3. The Hall–Kier alpha value is -1.21. The zero-order valence-corrected chi connectivity index (χ0v) is 12.1. The molecule has 0 amide bonds. The molecule has 2 rings (SSSR count). The molecule has 1 unspecified atom stereocenters. The predicted molar refractivity (Wildman–Crippen MR) is 74.2 cm³/mol. The van der Waals surface area contributed by atoms with E-state index in [-0.39, 0.29) is 29.1 Å². The number of carbonyl (C=O) groups is 1. The Labute approximate surface area is 125 Å². The maximum atomic E-state index is 12.3. The molecule has 1 aliphatic heterocycles. The first kappa shape index (κ1) is 16.2. The molecule has 0 aliphatic carbocycles. The Bertz CT molecular complexity index is 484. The molecule has 1 aromatic rings. The quantitative estimate of drug-likeness (QED) is 0.835. The fourth-order valence-electron chi connectivity index (χ4n) is 2.57. The van der Waals surface area contributed by atoms with Crippen LogP contribution in [0.3, 0.4) is 0 Å². The number of hydrogen-bond acceptors (Lipinski definition) is 3. The van der Waals surface area contributed by atoms with E-state index in [0.717, 1.165) is 31.5 Å². The number of hydrogen-bond donors (Lipinski definition) is 1. The zero-order valence-electron chi connectivity index (χ0n) is 11.3. The molecule has 1 atom stereocenters. The highest BCUT2D eigenvalue weighted by Crippen LogP contribution is 2.37. The molecule has 0 aromatic heterocycles. The molecule has 1 heterocycles. The number of carboxylic acids is 1. The highest BCUT2D eigenvalue weighted by molar-refractivity contribution is 8.00. The molecule has 1 aromatic carbocycles. The molecule has 1 fully saturated rings. The predicted octanol–water partition coefficient (Wildman–Crippen LogP) is 3.91. The van der Waals surface area contributed by atoms with Crippen molar-refractivity contribution in [3.05, 3.63) is 29.8 Å². The first-order valence-corrected chi connectivity index (χ1v) is 7.48. The zero-order chi connectivity index (χ0) is 15.5. The molecule has 0 bridgehead atoms. The van der Waals surface area contributed by atoms with Crippen molar-refractivity contribution in [3.63, 3.8) is 0 Å². The second-order valence-corrected chi connectivity index (χ2v) is 6.11. The summed E-state index contributed by atoms with van der Waals surface area (Å²) < 4.78 is 36.9. The van der Waals surface area contributed by atoms with Gasteiger partial charge in [-0.15, -0.1) is 0 Å². The average Bonchev–Trinajstić information content (AvgIpc) is 2.88. The van der Waals surface area contributed by atoms with Crippen LogP contribution in [0, 0.1) is 0 Å². The van der Waals surface area contributed by atoms with Crippen molar-refractivity contribution in [1.29, 1.82) is 0 Å². The summed E-state index contributed by atoms with van der Waals surface area (Å²) in [6.07, 6.45) is 2.02. The van der Waals surface area contributed by atoms with Gasteiger partial charge in [-0.2, -0.15) is 13.2 Å². The molecule has 116 valence electrons. The topological polar surface area (TPSA) is 40.5 Å². The summed E-state index contributed by atoms with van der Waals surface area (Å²) in [5.41, 5.74) is -3.55. The minimum Gasteiger partial charge on any atom is -0.481 e. The Morgan fingerprint density at radius 1 is 1.24 bits per heavy atom. The largest absolute Gasteiger partial charge is 0.481 e. The van der Waals surface area contributed by atoms with E-state index in [1.54, 1.807) is 12.1 Å². The van der Waals surface area contributed by atoms with Gasteiger partial charge >= 0.3 is 11.5 Å². The number of carboxylic acid groups (broad SMARTS) is 1. The van der Waals surface area contributed by atoms with E-state index in [2.05, 4.69) is 4.90 Å². The minimum absolute atomic E-state index is 0.0360. The van der Waals surface area contributed by atoms with Gasteiger partial charge in [0.05, 0.1) is 6.42 Å². The molecule has 0 spiro atoms. The lowest BCUT2D eigenvalue weighted by Gasteiger charge is -2.26. The monoisotopic (exact) mass is 319 g/mol. The van der Waals surface area contributed by atoms with E-state index < -0.39 is 11.5 Å². The number of thioether (sulfide) groups is 1. The standard InChI is InChI=1S/C14H16F3NO2S/c15-14(16,17)21-11-5-3-10(4-6-11)12(9-13(19)20)18-7-1-2-8-18/h3-6,12H,1-2,7-9H2,(H,19,20). The number of benzene rings is 1. The van der Waals surface area contributed by atoms with Crippen LogP contribution in [0.2, 0.25) is 0 Å². The fourth-order valence-corrected chi connectivity index (χ4v) is 3.11. The summed E-state index contributed by atoms with van der Waals surface area (Å²) in [7, 11) is 0. The number of rotatable bonds is 5. The highest BCUT2D eigenvalue weighted by Gasteiger charge is 2.30. The van der Waals surface area contributed by atoms with Gasteiger partial charge in [0, 0.05) is 10.9 Å². The number of halogens is 3. The number of likely N-dealkylation sites (tertiary alicyclic amines) is 1. The van der Waals surface area contributed by atoms with E-state index in [9.17, 15) is 18.0 Å². The van der Waals surface area contributed by atoms with E-state index >= 15 is 0 Å². The smallest absolute Gasteiger partial charge is 0.446 e. The van der Waals surface area contributed by atoms with Crippen LogP contribution in [0.25, 0.3) is 0 Å². The lowest BCUT2D eigenvalue weighted by Crippen LogP contribution is -2.27. The highest BCUT2D eigenvalue weighted by atomic mass is 32.2. The molecular formula is C14H16F3NO2S. The van der Waals surface area contributed by atoms with Gasteiger partial charge in [0.1, 0.15) is 0 Å². The molecule has 21 heavy (non-hydrogen) atoms. The summed E-state index contributed by atoms with van der Waals surface area (Å²) in [5, 5.41) is 9.03. The van der Waals surface area contributed by atoms with Crippen molar-refractivity contribution in [2.75, 3.05) is 13.1 Å². The van der Waals surface area contributed by atoms with Gasteiger partial charge in [-0.25, -0.2) is 0 Å². The van der Waals surface area contributed by atoms with Gasteiger partial charge < -0.3 is 5.11 Å². The summed E-state index contributed by atoms with van der Waals surface area (Å²) in [6, 6.07) is 5.73. The number of nitrogens with zero attached hydrogens (tertiary/aromatic N) is 1. The van der Waals surface area contributed by atoms with Gasteiger partial charge in [-0.1, -0.05) is 12.1 Å². The van der Waals surface area contributed by atoms with E-state index in [1.807, 2.05) is 0 Å². The Morgan fingerprint density at radius 2 is 1.81 bits per heavy atom. The second kappa shape index (κ2) is 6.70. The minimum atomic E-state index is -4.31. The van der Waals surface area contributed by atoms with Gasteiger partial charge in [0.15, 0.2) is 0 Å². The second-order valence-electron chi connectivity index (χ2n) is 4.97. The van der Waals surface area contributed by atoms with Gasteiger partial charge in [0.2, 0.25) is 0 Å². The average molecular weight is 319 g/mol. The van der Waals surface area contributed by atoms with Crippen molar-refractivity contribution in [2.45, 2.75) is 35.7 Å². The van der Waals surface area contributed by atoms with Crippen LogP contribution in [0.1, 0.15) is 30.9 Å². The SMILES string of the molecule is O=C(O)CC(c1ccc(SC(F)(F)F)cc1)N1CCCC1. The molecule has 0 saturated carbocycles. The number of alkyl halides is 3. The van der Waals surface area contributed by atoms with Crippen molar-refractivity contribution in [1.82, 2.24) is 4.90 Å². The van der Waals surface area contributed by atoms with Gasteiger partial charge in [-0.3, -0.25) is 9.69 Å². The molecule has 3 nitrogen and oxygen atoms in total.